The smallest absolute Gasteiger partial charge is 0.243 e. The Morgan fingerprint density at radius 3 is 2.74 bits per heavy atom. The molecule has 2 unspecified atom stereocenters. The lowest BCUT2D eigenvalue weighted by molar-refractivity contribution is -0.127. The third-order valence-corrected chi connectivity index (χ3v) is 6.79. The SMILES string of the molecule is CCn1c2ccccc2c2cc(SCC(NC(C)=O)C(=O)NCC3CCCO3)ccc21. The molecule has 31 heavy (non-hydrogen) atoms. The molecule has 164 valence electrons. The number of nitrogens with one attached hydrogen (secondary N) is 2. The van der Waals surface area contributed by atoms with Crippen LogP contribution in [0.5, 0.6) is 0 Å². The number of rotatable bonds is 8. The molecule has 1 aromatic heterocycles. The molecule has 6 nitrogen and oxygen atoms in total. The predicted octanol–water partition coefficient (Wildman–Crippen LogP) is 3.71. The first-order valence-corrected chi connectivity index (χ1v) is 11.9. The van der Waals surface area contributed by atoms with Crippen LogP contribution in [0.25, 0.3) is 21.8 Å². The van der Waals surface area contributed by atoms with Crippen molar-refractivity contribution < 1.29 is 14.3 Å². The van der Waals surface area contributed by atoms with Gasteiger partial charge in [0.15, 0.2) is 0 Å². The third-order valence-electron chi connectivity index (χ3n) is 5.70. The molecular formula is C24H29N3O3S. The summed E-state index contributed by atoms with van der Waals surface area (Å²) in [6, 6.07) is 14.3. The number of nitrogens with zero attached hydrogens (tertiary/aromatic N) is 1. The van der Waals surface area contributed by atoms with Gasteiger partial charge in [-0.05, 0) is 44.0 Å². The van der Waals surface area contributed by atoms with E-state index in [2.05, 4.69) is 64.6 Å². The second-order valence-electron chi connectivity index (χ2n) is 7.88. The lowest BCUT2D eigenvalue weighted by Gasteiger charge is -2.19. The number of hydrogen-bond acceptors (Lipinski definition) is 4. The van der Waals surface area contributed by atoms with Crippen LogP contribution in [-0.4, -0.2) is 47.4 Å². The van der Waals surface area contributed by atoms with Gasteiger partial charge in [-0.15, -0.1) is 11.8 Å². The second-order valence-corrected chi connectivity index (χ2v) is 8.98. The number of thioether (sulfide) groups is 1. The fraction of sp³-hybridized carbons (Fsp3) is 0.417. The van der Waals surface area contributed by atoms with Crippen LogP contribution in [0.2, 0.25) is 0 Å². The zero-order valence-corrected chi connectivity index (χ0v) is 18.8. The van der Waals surface area contributed by atoms with Crippen LogP contribution in [0.3, 0.4) is 0 Å². The van der Waals surface area contributed by atoms with Crippen molar-refractivity contribution in [3.63, 3.8) is 0 Å². The molecule has 4 rings (SSSR count). The molecule has 2 amide bonds. The summed E-state index contributed by atoms with van der Waals surface area (Å²) in [5, 5.41) is 8.16. The number of ether oxygens (including phenoxy) is 1. The monoisotopic (exact) mass is 439 g/mol. The van der Waals surface area contributed by atoms with Gasteiger partial charge in [0.25, 0.3) is 0 Å². The molecule has 2 aromatic carbocycles. The summed E-state index contributed by atoms with van der Waals surface area (Å²) in [5.41, 5.74) is 2.44. The van der Waals surface area contributed by atoms with Crippen molar-refractivity contribution in [3.05, 3.63) is 42.5 Å². The van der Waals surface area contributed by atoms with Gasteiger partial charge in [0.1, 0.15) is 6.04 Å². The topological polar surface area (TPSA) is 72.4 Å². The van der Waals surface area contributed by atoms with E-state index in [1.807, 2.05) is 0 Å². The molecule has 1 aliphatic heterocycles. The Bertz CT molecular complexity index is 1090. The van der Waals surface area contributed by atoms with Gasteiger partial charge in [0, 0.05) is 59.1 Å². The number of benzene rings is 2. The highest BCUT2D eigenvalue weighted by molar-refractivity contribution is 7.99. The van der Waals surface area contributed by atoms with Gasteiger partial charge in [-0.25, -0.2) is 0 Å². The zero-order valence-electron chi connectivity index (χ0n) is 18.0. The number of carbonyl (C=O) groups is 2. The Labute approximate surface area is 186 Å². The Morgan fingerprint density at radius 1 is 1.19 bits per heavy atom. The molecule has 0 spiro atoms. The first-order chi connectivity index (χ1) is 15.1. The fourth-order valence-electron chi connectivity index (χ4n) is 4.21. The van der Waals surface area contributed by atoms with E-state index in [1.165, 1.54) is 28.7 Å². The van der Waals surface area contributed by atoms with Crippen LogP contribution in [0.15, 0.2) is 47.4 Å². The Kier molecular flexibility index (Phi) is 6.83. The molecule has 2 N–H and O–H groups in total. The van der Waals surface area contributed by atoms with Crippen molar-refractivity contribution in [1.29, 1.82) is 0 Å². The molecule has 1 saturated heterocycles. The number of fused-ring (bicyclic) bond motifs is 3. The Morgan fingerprint density at radius 2 is 2.00 bits per heavy atom. The maximum absolute atomic E-state index is 12.7. The lowest BCUT2D eigenvalue weighted by atomic mass is 10.1. The summed E-state index contributed by atoms with van der Waals surface area (Å²) >= 11 is 1.58. The molecule has 1 fully saturated rings. The quantitative estimate of drug-likeness (QED) is 0.525. The zero-order chi connectivity index (χ0) is 21.8. The van der Waals surface area contributed by atoms with Crippen molar-refractivity contribution in [2.45, 2.75) is 50.3 Å². The van der Waals surface area contributed by atoms with Gasteiger partial charge in [-0.3, -0.25) is 9.59 Å². The molecule has 7 heteroatoms. The highest BCUT2D eigenvalue weighted by Gasteiger charge is 2.22. The number of carbonyl (C=O) groups excluding carboxylic acids is 2. The van der Waals surface area contributed by atoms with Crippen molar-refractivity contribution in [2.24, 2.45) is 0 Å². The number of aryl methyl sites for hydroxylation is 1. The average molecular weight is 440 g/mol. The van der Waals surface area contributed by atoms with Crippen LogP contribution >= 0.6 is 11.8 Å². The van der Waals surface area contributed by atoms with Crippen molar-refractivity contribution in [3.8, 4) is 0 Å². The number of amides is 2. The molecule has 2 heterocycles. The second kappa shape index (κ2) is 9.75. The third kappa shape index (κ3) is 4.88. The van der Waals surface area contributed by atoms with Gasteiger partial charge >= 0.3 is 0 Å². The molecule has 0 radical (unpaired) electrons. The highest BCUT2D eigenvalue weighted by Crippen LogP contribution is 2.32. The van der Waals surface area contributed by atoms with E-state index in [-0.39, 0.29) is 17.9 Å². The van der Waals surface area contributed by atoms with Crippen LogP contribution in [-0.2, 0) is 20.9 Å². The standard InChI is InChI=1S/C24H29N3O3S/c1-3-27-22-9-5-4-8-19(22)20-13-18(10-11-23(20)27)31-15-21(26-16(2)28)24(29)25-14-17-7-6-12-30-17/h4-5,8-11,13,17,21H,3,6-7,12,14-15H2,1-2H3,(H,25,29)(H,26,28). The first kappa shape index (κ1) is 21.7. The minimum Gasteiger partial charge on any atom is -0.376 e. The van der Waals surface area contributed by atoms with Crippen molar-refractivity contribution in [1.82, 2.24) is 15.2 Å². The number of hydrogen-bond donors (Lipinski definition) is 2. The predicted molar refractivity (Wildman–Crippen MR) is 125 cm³/mol. The van der Waals surface area contributed by atoms with E-state index in [9.17, 15) is 9.59 Å². The van der Waals surface area contributed by atoms with Crippen LogP contribution in [0.4, 0.5) is 0 Å². The number of para-hydroxylation sites is 1. The lowest BCUT2D eigenvalue weighted by Crippen LogP contribution is -2.49. The summed E-state index contributed by atoms with van der Waals surface area (Å²) < 4.78 is 7.89. The average Bonchev–Trinajstić information content (AvgIpc) is 3.40. The van der Waals surface area contributed by atoms with Gasteiger partial charge in [0.2, 0.25) is 11.8 Å². The molecule has 0 aliphatic carbocycles. The van der Waals surface area contributed by atoms with E-state index in [0.717, 1.165) is 30.9 Å². The summed E-state index contributed by atoms with van der Waals surface area (Å²) in [7, 11) is 0. The van der Waals surface area contributed by atoms with E-state index in [4.69, 9.17) is 4.74 Å². The molecule has 1 aliphatic rings. The van der Waals surface area contributed by atoms with E-state index >= 15 is 0 Å². The minimum absolute atomic E-state index is 0.0767. The number of aromatic nitrogens is 1. The van der Waals surface area contributed by atoms with Crippen LogP contribution in [0, 0.1) is 0 Å². The summed E-state index contributed by atoms with van der Waals surface area (Å²) in [5.74, 6) is 0.0932. The van der Waals surface area contributed by atoms with Crippen LogP contribution in [0.1, 0.15) is 26.7 Å². The van der Waals surface area contributed by atoms with E-state index in [1.54, 1.807) is 11.8 Å². The van der Waals surface area contributed by atoms with Gasteiger partial charge < -0.3 is 19.9 Å². The molecule has 0 bridgehead atoms. The van der Waals surface area contributed by atoms with Crippen molar-refractivity contribution >= 4 is 45.4 Å². The maximum Gasteiger partial charge on any atom is 0.243 e. The highest BCUT2D eigenvalue weighted by atomic mass is 32.2. The van der Waals surface area contributed by atoms with Crippen LogP contribution < -0.4 is 10.6 Å². The summed E-state index contributed by atoms with van der Waals surface area (Å²) in [6.07, 6.45) is 2.07. The Balaban J connectivity index is 1.49. The summed E-state index contributed by atoms with van der Waals surface area (Å²) in [6.45, 7) is 5.75. The van der Waals surface area contributed by atoms with E-state index in [0.29, 0.717) is 12.3 Å². The molecule has 2 atom stereocenters. The summed E-state index contributed by atoms with van der Waals surface area (Å²) in [4.78, 5) is 25.4. The van der Waals surface area contributed by atoms with Gasteiger partial charge in [0.05, 0.1) is 6.10 Å². The van der Waals surface area contributed by atoms with Crippen molar-refractivity contribution in [2.75, 3.05) is 18.9 Å². The molecule has 0 saturated carbocycles. The van der Waals surface area contributed by atoms with Gasteiger partial charge in [-0.1, -0.05) is 18.2 Å². The largest absolute Gasteiger partial charge is 0.376 e. The Hall–Kier alpha value is -2.51. The minimum atomic E-state index is -0.586. The first-order valence-electron chi connectivity index (χ1n) is 10.9. The normalized spacial score (nSPS) is 17.2. The fourth-order valence-corrected chi connectivity index (χ4v) is 5.17. The maximum atomic E-state index is 12.7. The molecule has 3 aromatic rings. The molecular weight excluding hydrogens is 410 g/mol. The van der Waals surface area contributed by atoms with Gasteiger partial charge in [-0.2, -0.15) is 0 Å². The van der Waals surface area contributed by atoms with E-state index < -0.39 is 6.04 Å².